The van der Waals surface area contributed by atoms with Crippen LogP contribution in [0.3, 0.4) is 0 Å². The molecule has 0 N–H and O–H groups in total. The van der Waals surface area contributed by atoms with Gasteiger partial charge >= 0.3 is 5.97 Å². The van der Waals surface area contributed by atoms with Gasteiger partial charge in [0.2, 0.25) is 0 Å². The Morgan fingerprint density at radius 2 is 1.93 bits per heavy atom. The number of hydrogen-bond donors (Lipinski definition) is 0. The molecule has 3 heterocycles. The van der Waals surface area contributed by atoms with Crippen LogP contribution < -0.4 is 4.90 Å². The number of amides is 1. The minimum absolute atomic E-state index is 0.0815. The van der Waals surface area contributed by atoms with Gasteiger partial charge in [0.15, 0.2) is 0 Å². The lowest BCUT2D eigenvalue weighted by atomic mass is 9.72. The van der Waals surface area contributed by atoms with Gasteiger partial charge in [0.1, 0.15) is 5.82 Å². The summed E-state index contributed by atoms with van der Waals surface area (Å²) in [6.45, 7) is 7.69. The Labute approximate surface area is 172 Å². The second kappa shape index (κ2) is 8.56. The summed E-state index contributed by atoms with van der Waals surface area (Å²) >= 11 is 0. The summed E-state index contributed by atoms with van der Waals surface area (Å²) < 4.78 is 5.35. The maximum Gasteiger partial charge on any atom is 0.309 e. The molecule has 2 saturated heterocycles. The van der Waals surface area contributed by atoms with Gasteiger partial charge in [-0.15, -0.1) is 0 Å². The van der Waals surface area contributed by atoms with E-state index in [2.05, 4.69) is 29.0 Å². The largest absolute Gasteiger partial charge is 0.466 e. The Morgan fingerprint density at radius 1 is 1.14 bits per heavy atom. The normalized spacial score (nSPS) is 28.9. The third kappa shape index (κ3) is 4.02. The average molecular weight is 398 g/mol. The highest BCUT2D eigenvalue weighted by atomic mass is 16.5. The Balaban J connectivity index is 1.45. The number of hydrogen-bond acceptors (Lipinski definition) is 5. The highest BCUT2D eigenvalue weighted by Crippen LogP contribution is 2.41. The second-order valence-electron chi connectivity index (χ2n) is 8.51. The van der Waals surface area contributed by atoms with Crippen LogP contribution in [0.5, 0.6) is 0 Å². The molecule has 1 aliphatic carbocycles. The number of piperidine rings is 1. The van der Waals surface area contributed by atoms with Crippen LogP contribution in [0.15, 0.2) is 30.5 Å². The zero-order valence-corrected chi connectivity index (χ0v) is 17.4. The van der Waals surface area contributed by atoms with Crippen molar-refractivity contribution in [1.29, 1.82) is 0 Å². The van der Waals surface area contributed by atoms with E-state index < -0.39 is 0 Å². The minimum Gasteiger partial charge on any atom is -0.466 e. The van der Waals surface area contributed by atoms with E-state index >= 15 is 0 Å². The number of ether oxygens (including phenoxy) is 1. The predicted molar refractivity (Wildman–Crippen MR) is 112 cm³/mol. The molecule has 0 aromatic carbocycles. The van der Waals surface area contributed by atoms with Crippen molar-refractivity contribution in [2.75, 3.05) is 37.7 Å². The van der Waals surface area contributed by atoms with Gasteiger partial charge in [-0.25, -0.2) is 4.98 Å². The number of aromatic nitrogens is 1. The Kier molecular flexibility index (Phi) is 5.88. The summed E-state index contributed by atoms with van der Waals surface area (Å²) in [6, 6.07) is 3.84. The maximum atomic E-state index is 12.7. The van der Waals surface area contributed by atoms with Crippen LogP contribution in [0.2, 0.25) is 0 Å². The van der Waals surface area contributed by atoms with E-state index in [1.165, 1.54) is 6.42 Å². The second-order valence-corrected chi connectivity index (χ2v) is 8.51. The lowest BCUT2D eigenvalue weighted by molar-refractivity contribution is -0.151. The molecular weight excluding hydrogens is 366 g/mol. The summed E-state index contributed by atoms with van der Waals surface area (Å²) in [7, 11) is 0. The molecule has 3 aliphatic rings. The number of allylic oxidation sites excluding steroid dienone is 1. The number of rotatable bonds is 4. The quantitative estimate of drug-likeness (QED) is 0.577. The van der Waals surface area contributed by atoms with Crippen molar-refractivity contribution >= 4 is 17.7 Å². The van der Waals surface area contributed by atoms with Gasteiger partial charge in [-0.05, 0) is 56.1 Å². The van der Waals surface area contributed by atoms with Crippen LogP contribution >= 0.6 is 0 Å². The molecule has 0 bridgehead atoms. The lowest BCUT2D eigenvalue weighted by Gasteiger charge is -2.31. The summed E-state index contributed by atoms with van der Waals surface area (Å²) in [5, 5.41) is 0. The fourth-order valence-corrected chi connectivity index (χ4v) is 5.06. The third-order valence-electron chi connectivity index (χ3n) is 6.62. The summed E-state index contributed by atoms with van der Waals surface area (Å²) in [5.41, 5.74) is 0.658. The minimum atomic E-state index is -0.102. The van der Waals surface area contributed by atoms with Crippen molar-refractivity contribution in [3.63, 3.8) is 0 Å². The number of anilines is 1. The number of esters is 1. The zero-order valence-electron chi connectivity index (χ0n) is 17.4. The molecule has 29 heavy (non-hydrogen) atoms. The first-order valence-corrected chi connectivity index (χ1v) is 10.9. The van der Waals surface area contributed by atoms with Crippen LogP contribution in [0.4, 0.5) is 5.82 Å². The van der Waals surface area contributed by atoms with Crippen LogP contribution in [0.1, 0.15) is 43.5 Å². The molecule has 0 radical (unpaired) electrons. The maximum absolute atomic E-state index is 12.7. The van der Waals surface area contributed by atoms with Crippen molar-refractivity contribution in [1.82, 2.24) is 9.88 Å². The van der Waals surface area contributed by atoms with Crippen LogP contribution in [-0.4, -0.2) is 54.5 Å². The molecule has 4 atom stereocenters. The van der Waals surface area contributed by atoms with E-state index in [1.54, 1.807) is 6.20 Å². The van der Waals surface area contributed by atoms with Gasteiger partial charge < -0.3 is 14.5 Å². The fraction of sp³-hybridized carbons (Fsp3) is 0.609. The first-order valence-electron chi connectivity index (χ1n) is 10.9. The average Bonchev–Trinajstić information content (AvgIpc) is 3.18. The van der Waals surface area contributed by atoms with Gasteiger partial charge in [-0.2, -0.15) is 0 Å². The predicted octanol–water partition coefficient (Wildman–Crippen LogP) is 3.15. The van der Waals surface area contributed by atoms with E-state index in [9.17, 15) is 9.59 Å². The SMILES string of the molecule is CCOC(=O)[C@@H]1[C@H]2CN(c3ccc(C(=O)N4CCCCC4)cn3)C[C@@H]2C=C[C@@H]1C. The van der Waals surface area contributed by atoms with Gasteiger partial charge in [0.25, 0.3) is 5.91 Å². The van der Waals surface area contributed by atoms with Crippen LogP contribution in [-0.2, 0) is 9.53 Å². The zero-order chi connectivity index (χ0) is 20.4. The van der Waals surface area contributed by atoms with Crippen molar-refractivity contribution in [3.05, 3.63) is 36.0 Å². The summed E-state index contributed by atoms with van der Waals surface area (Å²) in [5.74, 6) is 1.53. The Morgan fingerprint density at radius 3 is 2.62 bits per heavy atom. The van der Waals surface area contributed by atoms with Crippen LogP contribution in [0, 0.1) is 23.7 Å². The van der Waals surface area contributed by atoms with E-state index in [1.807, 2.05) is 24.0 Å². The molecule has 1 aromatic heterocycles. The lowest BCUT2D eigenvalue weighted by Crippen LogP contribution is -2.37. The molecule has 156 valence electrons. The molecular formula is C23H31N3O3. The number of nitrogens with zero attached hydrogens (tertiary/aromatic N) is 3. The van der Waals surface area contributed by atoms with Crippen molar-refractivity contribution in [2.24, 2.45) is 23.7 Å². The fourth-order valence-electron chi connectivity index (χ4n) is 5.06. The van der Waals surface area contributed by atoms with E-state index in [0.29, 0.717) is 18.1 Å². The van der Waals surface area contributed by atoms with Crippen molar-refractivity contribution < 1.29 is 14.3 Å². The highest BCUT2D eigenvalue weighted by Gasteiger charge is 2.45. The first kappa shape index (κ1) is 19.9. The number of pyridine rings is 1. The standard InChI is InChI=1S/C23H31N3O3/c1-3-29-23(28)21-16(2)7-8-18-14-26(15-19(18)21)20-10-9-17(13-24-20)22(27)25-11-5-4-6-12-25/h7-10,13,16,18-19,21H,3-6,11-12,14-15H2,1-2H3/t16-,18-,19-,21-/m0/s1. The molecule has 0 spiro atoms. The summed E-state index contributed by atoms with van der Waals surface area (Å²) in [4.78, 5) is 34.0. The summed E-state index contributed by atoms with van der Waals surface area (Å²) in [6.07, 6.45) is 9.48. The van der Waals surface area contributed by atoms with Gasteiger partial charge in [-0.3, -0.25) is 9.59 Å². The van der Waals surface area contributed by atoms with Crippen molar-refractivity contribution in [3.8, 4) is 0 Å². The topological polar surface area (TPSA) is 62.7 Å². The smallest absolute Gasteiger partial charge is 0.309 e. The molecule has 4 rings (SSSR count). The molecule has 6 nitrogen and oxygen atoms in total. The third-order valence-corrected chi connectivity index (χ3v) is 6.62. The van der Waals surface area contributed by atoms with E-state index in [-0.39, 0.29) is 29.6 Å². The van der Waals surface area contributed by atoms with E-state index in [4.69, 9.17) is 4.74 Å². The Bertz CT molecular complexity index is 770. The Hall–Kier alpha value is -2.37. The number of likely N-dealkylation sites (tertiary alicyclic amines) is 1. The molecule has 2 aliphatic heterocycles. The molecule has 0 unspecified atom stereocenters. The highest BCUT2D eigenvalue weighted by molar-refractivity contribution is 5.94. The molecule has 0 saturated carbocycles. The van der Waals surface area contributed by atoms with Crippen LogP contribution in [0.25, 0.3) is 0 Å². The molecule has 1 amide bonds. The van der Waals surface area contributed by atoms with Gasteiger partial charge in [-0.1, -0.05) is 19.1 Å². The molecule has 6 heteroatoms. The molecule has 1 aromatic rings. The first-order chi connectivity index (χ1) is 14.1. The number of fused-ring (bicyclic) bond motifs is 1. The monoisotopic (exact) mass is 397 g/mol. The van der Waals surface area contributed by atoms with Gasteiger partial charge in [0.05, 0.1) is 18.1 Å². The number of carbonyl (C=O) groups is 2. The van der Waals surface area contributed by atoms with E-state index in [0.717, 1.165) is 44.8 Å². The number of carbonyl (C=O) groups excluding carboxylic acids is 2. The van der Waals surface area contributed by atoms with Crippen molar-refractivity contribution in [2.45, 2.75) is 33.1 Å². The van der Waals surface area contributed by atoms with Gasteiger partial charge in [0, 0.05) is 32.4 Å². The molecule has 2 fully saturated rings.